The van der Waals surface area contributed by atoms with E-state index in [1.54, 1.807) is 0 Å². The zero-order chi connectivity index (χ0) is 12.3. The van der Waals surface area contributed by atoms with Gasteiger partial charge in [0, 0.05) is 13.0 Å². The Morgan fingerprint density at radius 2 is 1.60 bits per heavy atom. The van der Waals surface area contributed by atoms with Crippen molar-refractivity contribution in [3.05, 3.63) is 0 Å². The van der Waals surface area contributed by atoms with E-state index >= 15 is 0 Å². The molecule has 0 aliphatic carbocycles. The van der Waals surface area contributed by atoms with Gasteiger partial charge in [-0.3, -0.25) is 9.59 Å². The first kappa shape index (κ1) is 13.6. The normalized spacial score (nSPS) is 12.3. The van der Waals surface area contributed by atoms with Crippen molar-refractivity contribution in [1.82, 2.24) is 5.32 Å². The van der Waals surface area contributed by atoms with Gasteiger partial charge in [-0.15, -0.1) is 0 Å². The van der Waals surface area contributed by atoms with Crippen LogP contribution in [0.25, 0.3) is 0 Å². The molecular weight excluding hydrogens is 227 g/mol. The fourth-order valence-corrected chi connectivity index (χ4v) is 0.539. The van der Waals surface area contributed by atoms with Gasteiger partial charge in [-0.25, -0.2) is 0 Å². The van der Waals surface area contributed by atoms with Crippen LogP contribution in [0, 0.1) is 0 Å². The number of hydrogen-bond donors (Lipinski definition) is 2. The largest absolute Gasteiger partial charge is 0.463 e. The molecule has 0 aromatic carbocycles. The quantitative estimate of drug-likeness (QED) is 0.681. The molecule has 0 bridgehead atoms. The summed E-state index contributed by atoms with van der Waals surface area (Å²) < 4.78 is 59.1. The number of rotatable bonds is 4. The maximum absolute atomic E-state index is 12.2. The average molecular weight is 234 g/mol. The predicted octanol–water partition coefficient (Wildman–Crippen LogP) is 0.176. The fraction of sp³-hybridized carbons (Fsp3) is 0.667. The summed E-state index contributed by atoms with van der Waals surface area (Å²) >= 11 is 0. The van der Waals surface area contributed by atoms with Gasteiger partial charge in [-0.2, -0.15) is 22.0 Å². The van der Waals surface area contributed by atoms with Gasteiger partial charge >= 0.3 is 12.1 Å². The Morgan fingerprint density at radius 3 is 1.93 bits per heavy atom. The van der Waals surface area contributed by atoms with E-state index in [9.17, 15) is 31.5 Å². The maximum atomic E-state index is 12.2. The monoisotopic (exact) mass is 234 g/mol. The van der Waals surface area contributed by atoms with Crippen LogP contribution in [0.3, 0.4) is 0 Å². The highest BCUT2D eigenvalue weighted by Gasteiger charge is 2.63. The summed E-state index contributed by atoms with van der Waals surface area (Å²) in [4.78, 5) is 20.4. The van der Waals surface area contributed by atoms with Gasteiger partial charge in [0.05, 0.1) is 0 Å². The van der Waals surface area contributed by atoms with Crippen molar-refractivity contribution >= 4 is 11.8 Å². The molecule has 0 fully saturated rings. The number of carbonyl (C=O) groups excluding carboxylic acids is 2. The Labute approximate surface area is 80.6 Å². The Bertz CT molecular complexity index is 263. The minimum atomic E-state index is -5.95. The number of carbonyl (C=O) groups is 2. The Hall–Kier alpha value is -1.41. The van der Waals surface area contributed by atoms with Gasteiger partial charge in [-0.1, -0.05) is 0 Å². The summed E-state index contributed by atoms with van der Waals surface area (Å²) in [7, 11) is 0. The lowest BCUT2D eigenvalue weighted by Gasteiger charge is -2.18. The molecule has 0 saturated carbocycles. The molecule has 0 spiro atoms. The summed E-state index contributed by atoms with van der Waals surface area (Å²) in [5.74, 6) is -8.90. The van der Waals surface area contributed by atoms with Crippen LogP contribution in [0.15, 0.2) is 0 Å². The van der Waals surface area contributed by atoms with E-state index in [-0.39, 0.29) is 0 Å². The van der Waals surface area contributed by atoms with Gasteiger partial charge in [-0.05, 0) is 0 Å². The third kappa shape index (κ3) is 3.68. The molecule has 9 heteroatoms. The minimum Gasteiger partial charge on any atom is -0.370 e. The number of hydrogen-bond acceptors (Lipinski definition) is 2. The summed E-state index contributed by atoms with van der Waals surface area (Å²) in [5.41, 5.74) is 4.57. The van der Waals surface area contributed by atoms with Crippen LogP contribution in [-0.4, -0.2) is 30.5 Å². The molecule has 0 unspecified atom stereocenters. The Morgan fingerprint density at radius 1 is 1.13 bits per heavy atom. The number of nitrogens with two attached hydrogens (primary N) is 1. The smallest absolute Gasteiger partial charge is 0.370 e. The number of halogens is 5. The van der Waals surface area contributed by atoms with Crippen molar-refractivity contribution < 1.29 is 31.5 Å². The number of nitrogens with one attached hydrogen (secondary N) is 1. The van der Waals surface area contributed by atoms with Crippen LogP contribution in [0.1, 0.15) is 6.42 Å². The van der Waals surface area contributed by atoms with Crippen molar-refractivity contribution in [2.45, 2.75) is 18.5 Å². The van der Waals surface area contributed by atoms with Crippen LogP contribution < -0.4 is 11.1 Å². The van der Waals surface area contributed by atoms with Crippen molar-refractivity contribution in [1.29, 1.82) is 0 Å². The van der Waals surface area contributed by atoms with Crippen molar-refractivity contribution in [3.63, 3.8) is 0 Å². The molecule has 0 heterocycles. The molecule has 0 aliphatic rings. The van der Waals surface area contributed by atoms with Crippen molar-refractivity contribution in [2.75, 3.05) is 6.54 Å². The average Bonchev–Trinajstić information content (AvgIpc) is 2.01. The second kappa shape index (κ2) is 4.41. The molecule has 0 radical (unpaired) electrons. The van der Waals surface area contributed by atoms with E-state index in [1.807, 2.05) is 0 Å². The van der Waals surface area contributed by atoms with Gasteiger partial charge < -0.3 is 11.1 Å². The van der Waals surface area contributed by atoms with Crippen LogP contribution in [0.4, 0.5) is 22.0 Å². The van der Waals surface area contributed by atoms with E-state index in [0.717, 1.165) is 0 Å². The summed E-state index contributed by atoms with van der Waals surface area (Å²) in [6.45, 7) is -0.667. The van der Waals surface area contributed by atoms with Crippen LogP contribution in [0.2, 0.25) is 0 Å². The van der Waals surface area contributed by atoms with E-state index in [0.29, 0.717) is 0 Å². The summed E-state index contributed by atoms with van der Waals surface area (Å²) in [6.07, 6.45) is -6.47. The second-order valence-electron chi connectivity index (χ2n) is 2.54. The zero-order valence-electron chi connectivity index (χ0n) is 7.20. The summed E-state index contributed by atoms with van der Waals surface area (Å²) in [6, 6.07) is 0. The molecule has 0 aliphatic heterocycles. The SMILES string of the molecule is NC(=O)CCNC(=O)C(F)(F)C(F)(F)F. The molecule has 0 aromatic heterocycles. The zero-order valence-corrected chi connectivity index (χ0v) is 7.20. The molecule has 0 atom stereocenters. The highest BCUT2D eigenvalue weighted by Crippen LogP contribution is 2.35. The van der Waals surface area contributed by atoms with Gasteiger partial charge in [0.1, 0.15) is 0 Å². The van der Waals surface area contributed by atoms with E-state index in [2.05, 4.69) is 5.73 Å². The van der Waals surface area contributed by atoms with E-state index in [4.69, 9.17) is 0 Å². The third-order valence-electron chi connectivity index (χ3n) is 1.30. The lowest BCUT2D eigenvalue weighted by molar-refractivity contribution is -0.269. The number of primary amides is 1. The highest BCUT2D eigenvalue weighted by atomic mass is 19.4. The molecule has 2 amide bonds. The lowest BCUT2D eigenvalue weighted by atomic mass is 10.3. The van der Waals surface area contributed by atoms with Crippen molar-refractivity contribution in [2.24, 2.45) is 5.73 Å². The van der Waals surface area contributed by atoms with Gasteiger partial charge in [0.2, 0.25) is 5.91 Å². The lowest BCUT2D eigenvalue weighted by Crippen LogP contribution is -2.50. The molecular formula is C6H7F5N2O2. The molecule has 0 rings (SSSR count). The van der Waals surface area contributed by atoms with E-state index in [1.165, 1.54) is 5.32 Å². The van der Waals surface area contributed by atoms with Gasteiger partial charge in [0.15, 0.2) is 0 Å². The predicted molar refractivity (Wildman–Crippen MR) is 37.8 cm³/mol. The Kier molecular flexibility index (Phi) is 3.99. The van der Waals surface area contributed by atoms with Crippen molar-refractivity contribution in [3.8, 4) is 0 Å². The standard InChI is InChI=1S/C6H7F5N2O2/c7-5(8,6(9,10)11)4(15)13-2-1-3(12)14/h1-2H2,(H2,12,14)(H,13,15). The van der Waals surface area contributed by atoms with Gasteiger partial charge in [0.25, 0.3) is 5.91 Å². The molecule has 3 N–H and O–H groups in total. The van der Waals surface area contributed by atoms with Crippen LogP contribution >= 0.6 is 0 Å². The first-order chi connectivity index (χ1) is 6.59. The fourth-order valence-electron chi connectivity index (χ4n) is 0.539. The molecule has 0 aromatic rings. The maximum Gasteiger partial charge on any atom is 0.463 e. The molecule has 15 heavy (non-hydrogen) atoms. The number of amides is 2. The topological polar surface area (TPSA) is 72.2 Å². The minimum absolute atomic E-state index is 0.514. The second-order valence-corrected chi connectivity index (χ2v) is 2.54. The first-order valence-electron chi connectivity index (χ1n) is 3.60. The third-order valence-corrected chi connectivity index (χ3v) is 1.30. The first-order valence-corrected chi connectivity index (χ1v) is 3.60. The van der Waals surface area contributed by atoms with E-state index < -0.39 is 36.9 Å². The Balaban J connectivity index is 4.27. The van der Waals surface area contributed by atoms with Crippen LogP contribution in [-0.2, 0) is 9.59 Å². The molecule has 88 valence electrons. The number of alkyl halides is 5. The van der Waals surface area contributed by atoms with Crippen LogP contribution in [0.5, 0.6) is 0 Å². The molecule has 4 nitrogen and oxygen atoms in total. The highest BCUT2D eigenvalue weighted by molar-refractivity contribution is 5.84. The summed E-state index contributed by atoms with van der Waals surface area (Å²) in [5, 5.41) is 1.25. The molecule has 0 saturated heterocycles.